The molecule has 0 heterocycles. The van der Waals surface area contributed by atoms with Crippen LogP contribution in [0, 0.1) is 11.5 Å². The molecule has 0 saturated heterocycles. The third kappa shape index (κ3) is 2.25. The lowest BCUT2D eigenvalue weighted by molar-refractivity contribution is 0.500. The number of nitrogens with two attached hydrogens (primary N) is 1. The minimum atomic E-state index is 0.333. The Balaban J connectivity index is 1.84. The van der Waals surface area contributed by atoms with E-state index in [4.69, 9.17) is 15.7 Å². The molecule has 0 unspecified atom stereocenters. The first-order chi connectivity index (χ1) is 11.8. The largest absolute Gasteiger partial charge is 0.388 e. The molecular weight excluding hydrogens is 296 g/mol. The van der Waals surface area contributed by atoms with Crippen LogP contribution in [0.1, 0.15) is 16.7 Å². The van der Waals surface area contributed by atoms with Gasteiger partial charge in [0, 0.05) is 12.1 Å². The van der Waals surface area contributed by atoms with E-state index in [2.05, 4.69) is 42.5 Å². The highest BCUT2D eigenvalue weighted by molar-refractivity contribution is 5.85. The second-order valence-electron chi connectivity index (χ2n) is 5.89. The predicted octanol–water partition coefficient (Wildman–Crippen LogP) is 4.24. The normalized spacial score (nSPS) is 11.5. The molecule has 0 aliphatic heterocycles. The molecule has 0 fully saturated rings. The minimum absolute atomic E-state index is 0.333. The second-order valence-corrected chi connectivity index (χ2v) is 5.89. The van der Waals surface area contributed by atoms with Crippen molar-refractivity contribution in [3.63, 3.8) is 0 Å². The van der Waals surface area contributed by atoms with E-state index >= 15 is 0 Å². The van der Waals surface area contributed by atoms with Crippen LogP contribution in [-0.2, 0) is 13.0 Å². The number of rotatable bonds is 3. The molecule has 0 aromatic heterocycles. The number of fused-ring (bicyclic) bond motifs is 3. The van der Waals surface area contributed by atoms with Crippen molar-refractivity contribution in [3.8, 4) is 34.3 Å². The Bertz CT molecular complexity index is 970. The molecule has 0 spiro atoms. The molecule has 0 radical (unpaired) electrons. The van der Waals surface area contributed by atoms with E-state index < -0.39 is 0 Å². The Labute approximate surface area is 140 Å². The first kappa shape index (κ1) is 14.5. The fourth-order valence-electron chi connectivity index (χ4n) is 3.48. The van der Waals surface area contributed by atoms with Crippen LogP contribution in [0.5, 0.6) is 5.75 Å². The van der Waals surface area contributed by atoms with Crippen molar-refractivity contribution in [2.24, 2.45) is 5.73 Å². The highest BCUT2D eigenvalue weighted by atomic mass is 16.5. The molecule has 24 heavy (non-hydrogen) atoms. The first-order valence-corrected chi connectivity index (χ1v) is 7.91. The second kappa shape index (κ2) is 5.84. The van der Waals surface area contributed by atoms with Gasteiger partial charge in [0.25, 0.3) is 6.26 Å². The van der Waals surface area contributed by atoms with Crippen molar-refractivity contribution in [2.45, 2.75) is 13.0 Å². The first-order valence-electron chi connectivity index (χ1n) is 7.91. The van der Waals surface area contributed by atoms with Crippen LogP contribution in [0.15, 0.2) is 60.7 Å². The Morgan fingerprint density at radius 2 is 1.75 bits per heavy atom. The quantitative estimate of drug-likeness (QED) is 0.575. The number of hydrogen-bond donors (Lipinski definition) is 1. The third-order valence-electron chi connectivity index (χ3n) is 4.60. The Morgan fingerprint density at radius 1 is 0.958 bits per heavy atom. The molecule has 0 bridgehead atoms. The van der Waals surface area contributed by atoms with Gasteiger partial charge in [0.05, 0.1) is 0 Å². The van der Waals surface area contributed by atoms with Gasteiger partial charge in [-0.3, -0.25) is 0 Å². The standard InChI is InChI=1S/C21H16N2O/c22-12-16-10-15(8-9-21(16)24-13-23)18-6-3-7-19-17-5-2-1-4-14(17)11-20(18)19/h1-10H,11-12,22H2. The number of ether oxygens (including phenoxy) is 1. The summed E-state index contributed by atoms with van der Waals surface area (Å²) >= 11 is 0. The fraction of sp³-hybridized carbons (Fsp3) is 0.0952. The lowest BCUT2D eigenvalue weighted by Gasteiger charge is -2.12. The van der Waals surface area contributed by atoms with Crippen molar-refractivity contribution < 1.29 is 4.74 Å². The van der Waals surface area contributed by atoms with Gasteiger partial charge in [-0.15, -0.1) is 5.26 Å². The molecule has 0 amide bonds. The summed E-state index contributed by atoms with van der Waals surface area (Å²) < 4.78 is 4.99. The van der Waals surface area contributed by atoms with Gasteiger partial charge in [-0.2, -0.15) is 0 Å². The zero-order chi connectivity index (χ0) is 16.5. The lowest BCUT2D eigenvalue weighted by Crippen LogP contribution is -2.00. The summed E-state index contributed by atoms with van der Waals surface area (Å²) in [7, 11) is 0. The summed E-state index contributed by atoms with van der Waals surface area (Å²) in [6.07, 6.45) is 2.66. The van der Waals surface area contributed by atoms with Gasteiger partial charge < -0.3 is 10.5 Å². The van der Waals surface area contributed by atoms with E-state index in [0.717, 1.165) is 17.5 Å². The average Bonchev–Trinajstić information content (AvgIpc) is 3.01. The van der Waals surface area contributed by atoms with E-state index in [0.29, 0.717) is 12.3 Å². The van der Waals surface area contributed by atoms with Crippen LogP contribution in [0.3, 0.4) is 0 Å². The summed E-state index contributed by atoms with van der Waals surface area (Å²) in [5.41, 5.74) is 14.3. The van der Waals surface area contributed by atoms with Crippen molar-refractivity contribution in [1.29, 1.82) is 5.26 Å². The van der Waals surface area contributed by atoms with E-state index in [9.17, 15) is 0 Å². The van der Waals surface area contributed by atoms with Crippen LogP contribution in [0.2, 0.25) is 0 Å². The van der Waals surface area contributed by atoms with Gasteiger partial charge in [0.15, 0.2) is 0 Å². The van der Waals surface area contributed by atoms with Gasteiger partial charge in [-0.25, -0.2) is 0 Å². The average molecular weight is 312 g/mol. The summed E-state index contributed by atoms with van der Waals surface area (Å²) in [6.45, 7) is 0.333. The van der Waals surface area contributed by atoms with E-state index in [1.54, 1.807) is 6.26 Å². The Kier molecular flexibility index (Phi) is 3.53. The summed E-state index contributed by atoms with van der Waals surface area (Å²) in [6, 6.07) is 20.8. The Morgan fingerprint density at radius 3 is 2.58 bits per heavy atom. The summed E-state index contributed by atoms with van der Waals surface area (Å²) in [5.74, 6) is 0.527. The highest BCUT2D eigenvalue weighted by Crippen LogP contribution is 2.41. The van der Waals surface area contributed by atoms with Gasteiger partial charge in [0.1, 0.15) is 5.75 Å². The van der Waals surface area contributed by atoms with Gasteiger partial charge >= 0.3 is 0 Å². The SMILES string of the molecule is N#COc1ccc(-c2cccc3c2Cc2ccccc2-3)cc1CN. The molecule has 3 aromatic rings. The van der Waals surface area contributed by atoms with Gasteiger partial charge in [-0.1, -0.05) is 48.5 Å². The maximum absolute atomic E-state index is 8.74. The van der Waals surface area contributed by atoms with Crippen LogP contribution >= 0.6 is 0 Å². The van der Waals surface area contributed by atoms with Crippen LogP contribution in [0.4, 0.5) is 0 Å². The fourth-order valence-corrected chi connectivity index (χ4v) is 3.48. The van der Waals surface area contributed by atoms with Crippen molar-refractivity contribution in [2.75, 3.05) is 0 Å². The number of benzene rings is 3. The maximum atomic E-state index is 8.74. The topological polar surface area (TPSA) is 59.0 Å². The van der Waals surface area contributed by atoms with Crippen LogP contribution in [-0.4, -0.2) is 0 Å². The smallest absolute Gasteiger partial charge is 0.292 e. The van der Waals surface area contributed by atoms with E-state index in [1.165, 1.54) is 27.8 Å². The van der Waals surface area contributed by atoms with Crippen molar-refractivity contribution >= 4 is 0 Å². The van der Waals surface area contributed by atoms with E-state index in [1.807, 2.05) is 18.2 Å². The zero-order valence-electron chi connectivity index (χ0n) is 13.1. The molecule has 3 aromatic carbocycles. The third-order valence-corrected chi connectivity index (χ3v) is 4.60. The van der Waals surface area contributed by atoms with Crippen LogP contribution in [0.25, 0.3) is 22.3 Å². The number of nitrogens with zero attached hydrogens (tertiary/aromatic N) is 1. The molecule has 3 nitrogen and oxygen atoms in total. The van der Waals surface area contributed by atoms with Crippen molar-refractivity contribution in [3.05, 3.63) is 77.4 Å². The molecule has 1 aliphatic carbocycles. The molecule has 0 saturated carbocycles. The Hall–Kier alpha value is -3.09. The van der Waals surface area contributed by atoms with E-state index in [-0.39, 0.29) is 0 Å². The van der Waals surface area contributed by atoms with Crippen LogP contribution < -0.4 is 10.5 Å². The molecule has 2 N–H and O–H groups in total. The molecule has 0 atom stereocenters. The molecular formula is C21H16N2O. The lowest BCUT2D eigenvalue weighted by atomic mass is 9.94. The molecule has 4 rings (SSSR count). The number of hydrogen-bond acceptors (Lipinski definition) is 3. The highest BCUT2D eigenvalue weighted by Gasteiger charge is 2.21. The predicted molar refractivity (Wildman–Crippen MR) is 94.3 cm³/mol. The van der Waals surface area contributed by atoms with Gasteiger partial charge in [0.2, 0.25) is 0 Å². The van der Waals surface area contributed by atoms with Crippen molar-refractivity contribution in [1.82, 2.24) is 0 Å². The minimum Gasteiger partial charge on any atom is -0.388 e. The molecule has 1 aliphatic rings. The molecule has 116 valence electrons. The van der Waals surface area contributed by atoms with Gasteiger partial charge in [-0.05, 0) is 51.9 Å². The monoisotopic (exact) mass is 312 g/mol. The summed E-state index contributed by atoms with van der Waals surface area (Å²) in [4.78, 5) is 0. The zero-order valence-corrected chi connectivity index (χ0v) is 13.1. The molecule has 3 heteroatoms. The maximum Gasteiger partial charge on any atom is 0.292 e. The summed E-state index contributed by atoms with van der Waals surface area (Å²) in [5, 5.41) is 8.74. The number of nitriles is 1.